The fourth-order valence-electron chi connectivity index (χ4n) is 5.24. The molecule has 5 rings (SSSR count). The molecule has 4 aromatic rings. The van der Waals surface area contributed by atoms with Gasteiger partial charge in [-0.1, -0.05) is 18.2 Å². The minimum Gasteiger partial charge on any atom is -0.484 e. The van der Waals surface area contributed by atoms with Gasteiger partial charge in [-0.05, 0) is 43.2 Å². The van der Waals surface area contributed by atoms with Crippen molar-refractivity contribution in [2.24, 2.45) is 0 Å². The highest BCUT2D eigenvalue weighted by Crippen LogP contribution is 2.42. The molecule has 3 atom stereocenters. The first-order valence-electron chi connectivity index (χ1n) is 13.9. The molecule has 238 valence electrons. The number of nitrogen functional groups attached to an aromatic ring is 1. The van der Waals surface area contributed by atoms with E-state index in [9.17, 15) is 26.2 Å². The van der Waals surface area contributed by atoms with Gasteiger partial charge in [0.15, 0.2) is 11.0 Å². The second-order valence-electron chi connectivity index (χ2n) is 10.6. The Morgan fingerprint density at radius 2 is 1.93 bits per heavy atom. The minimum absolute atomic E-state index is 0.00593. The number of hydrogen-bond donors (Lipinski definition) is 4. The highest BCUT2D eigenvalue weighted by Gasteiger charge is 2.40. The molecule has 0 radical (unpaired) electrons. The van der Waals surface area contributed by atoms with E-state index < -0.39 is 40.6 Å². The number of ether oxygens (including phenoxy) is 1. The van der Waals surface area contributed by atoms with Gasteiger partial charge in [-0.2, -0.15) is 13.9 Å². The number of alkyl halides is 4. The number of nitrogens with one attached hydrogen (secondary N) is 3. The third kappa shape index (κ3) is 6.92. The number of rotatable bonds is 11. The van der Waals surface area contributed by atoms with Crippen molar-refractivity contribution in [2.75, 3.05) is 22.8 Å². The number of aromatic nitrogens is 3. The molecule has 2 aromatic carbocycles. The summed E-state index contributed by atoms with van der Waals surface area (Å²) in [5, 5.41) is 16.4. The van der Waals surface area contributed by atoms with Gasteiger partial charge in [0.25, 0.3) is 0 Å². The molecule has 5 N–H and O–H groups in total. The van der Waals surface area contributed by atoms with Gasteiger partial charge in [0.05, 0.1) is 34.9 Å². The van der Waals surface area contributed by atoms with Crippen molar-refractivity contribution in [3.63, 3.8) is 0 Å². The van der Waals surface area contributed by atoms with Gasteiger partial charge in [0, 0.05) is 49.0 Å². The average Bonchev–Trinajstić information content (AvgIpc) is 3.64. The van der Waals surface area contributed by atoms with Crippen molar-refractivity contribution < 1.29 is 30.9 Å². The number of halogens is 5. The van der Waals surface area contributed by atoms with Gasteiger partial charge in [0.2, 0.25) is 5.92 Å². The van der Waals surface area contributed by atoms with E-state index in [2.05, 4.69) is 20.1 Å². The summed E-state index contributed by atoms with van der Waals surface area (Å²) in [6.45, 7) is 1.66. The van der Waals surface area contributed by atoms with E-state index in [-0.39, 0.29) is 46.9 Å². The van der Waals surface area contributed by atoms with Gasteiger partial charge in [-0.3, -0.25) is 14.8 Å². The van der Waals surface area contributed by atoms with E-state index in [0.29, 0.717) is 28.8 Å². The summed E-state index contributed by atoms with van der Waals surface area (Å²) in [5.74, 6) is -6.34. The van der Waals surface area contributed by atoms with Crippen LogP contribution in [0.5, 0.6) is 5.75 Å². The van der Waals surface area contributed by atoms with Gasteiger partial charge >= 0.3 is 5.76 Å². The molecule has 3 unspecified atom stereocenters. The first kappa shape index (κ1) is 31.9. The highest BCUT2D eigenvalue weighted by molar-refractivity contribution is 7.86. The molecule has 0 aliphatic heterocycles. The smallest absolute Gasteiger partial charge is 0.330 e. The van der Waals surface area contributed by atoms with E-state index in [1.165, 1.54) is 59.5 Å². The van der Waals surface area contributed by atoms with Crippen molar-refractivity contribution in [2.45, 2.75) is 50.0 Å². The summed E-state index contributed by atoms with van der Waals surface area (Å²) >= 11 is 0. The predicted molar refractivity (Wildman–Crippen MR) is 163 cm³/mol. The second-order valence-corrected chi connectivity index (χ2v) is 11.7. The predicted octanol–water partition coefficient (Wildman–Crippen LogP) is 6.92. The number of hydrogen-bond acceptors (Lipinski definition) is 7. The molecular weight excluding hydrogens is 617 g/mol. The second kappa shape index (κ2) is 12.8. The Kier molecular flexibility index (Phi) is 9.09. The van der Waals surface area contributed by atoms with Gasteiger partial charge in [-0.15, -0.1) is 0 Å². The van der Waals surface area contributed by atoms with Crippen LogP contribution in [0.15, 0.2) is 61.1 Å². The largest absolute Gasteiger partial charge is 0.484 e. The summed E-state index contributed by atoms with van der Waals surface area (Å²) < 4.78 is 89.1. The van der Waals surface area contributed by atoms with E-state index >= 15 is 0 Å². The van der Waals surface area contributed by atoms with Crippen LogP contribution in [0.1, 0.15) is 55.0 Å². The molecular formula is C30H30F5N7O2S. The number of nitrogens with two attached hydrogens (primary N) is 1. The Labute approximate surface area is 258 Å². The molecule has 1 saturated carbocycles. The monoisotopic (exact) mass is 647 g/mol. The van der Waals surface area contributed by atoms with Crippen LogP contribution >= 0.6 is 0 Å². The maximum Gasteiger partial charge on any atom is 0.330 e. The molecule has 0 spiro atoms. The Bertz CT molecular complexity index is 1730. The zero-order valence-corrected chi connectivity index (χ0v) is 25.0. The van der Waals surface area contributed by atoms with Crippen LogP contribution in [0.3, 0.4) is 0 Å². The molecule has 1 fully saturated rings. The number of anilines is 3. The summed E-state index contributed by atoms with van der Waals surface area (Å²) in [6, 6.07) is 9.28. The molecule has 2 heterocycles. The van der Waals surface area contributed by atoms with E-state index in [1.807, 2.05) is 0 Å². The van der Waals surface area contributed by atoms with E-state index in [1.54, 1.807) is 20.2 Å². The van der Waals surface area contributed by atoms with Crippen LogP contribution in [-0.2, 0) is 11.0 Å². The lowest BCUT2D eigenvalue weighted by Gasteiger charge is -2.20. The van der Waals surface area contributed by atoms with E-state index in [0.717, 1.165) is 0 Å². The lowest BCUT2D eigenvalue weighted by molar-refractivity contribution is 0.00518. The van der Waals surface area contributed by atoms with Gasteiger partial charge in [0.1, 0.15) is 23.5 Å². The van der Waals surface area contributed by atoms with Crippen LogP contribution in [0.4, 0.5) is 39.1 Å². The van der Waals surface area contributed by atoms with Crippen molar-refractivity contribution in [1.82, 2.24) is 14.8 Å². The average molecular weight is 648 g/mol. The fraction of sp³-hybridized carbons (Fsp3) is 0.300. The van der Waals surface area contributed by atoms with Crippen LogP contribution in [0.25, 0.3) is 11.1 Å². The maximum absolute atomic E-state index is 13.8. The third-order valence-electron chi connectivity index (χ3n) is 7.56. The zero-order chi connectivity index (χ0) is 32.5. The van der Waals surface area contributed by atoms with Crippen LogP contribution in [0, 0.1) is 11.2 Å². The summed E-state index contributed by atoms with van der Waals surface area (Å²) in [6.07, 6.45) is 3.78. The molecule has 0 bridgehead atoms. The van der Waals surface area contributed by atoms with Gasteiger partial charge < -0.3 is 15.8 Å². The van der Waals surface area contributed by atoms with E-state index in [4.69, 9.17) is 15.9 Å². The summed E-state index contributed by atoms with van der Waals surface area (Å²) in [7, 11) is -1.11. The molecule has 1 aliphatic carbocycles. The van der Waals surface area contributed by atoms with Crippen molar-refractivity contribution in [3.05, 3.63) is 83.6 Å². The molecule has 0 amide bonds. The zero-order valence-electron chi connectivity index (χ0n) is 24.2. The molecule has 15 heteroatoms. The Morgan fingerprint density at radius 3 is 2.58 bits per heavy atom. The highest BCUT2D eigenvalue weighted by atomic mass is 32.2. The number of nitrogens with zero attached hydrogens (tertiary/aromatic N) is 3. The molecule has 45 heavy (non-hydrogen) atoms. The Morgan fingerprint density at radius 1 is 1.20 bits per heavy atom. The first-order valence-corrected chi connectivity index (χ1v) is 15.1. The standard InChI is InChI=1S/C30H30F5N7O2S/c1-16(17-3-6-20(31)7-4-17)44-24-11-18(5-8-23(24)41-45(43)29(32)33)26(36)25-27(38-2)22(14-39-28(25)37)19-13-40-42(15-19)21-9-10-30(34,35)12-21/h3-8,11,13-16,21,29,36,41H,9-10,12H2,1-2H3,(H3,37,38,39). The molecule has 1 aliphatic rings. The SMILES string of the molecule is CNc1c(-c2cnn(C3CCC(F)(F)C3)c2)cnc(N)c1C(=N)c1ccc(NS(=O)C(F)F)c(OC(C)c2ccc(F)cc2)c1. The summed E-state index contributed by atoms with van der Waals surface area (Å²) in [5.41, 5.74) is 8.71. The fourth-order valence-corrected chi connectivity index (χ4v) is 5.71. The van der Waals surface area contributed by atoms with Crippen molar-refractivity contribution in [3.8, 4) is 16.9 Å². The lowest BCUT2D eigenvalue weighted by Crippen LogP contribution is -2.15. The van der Waals surface area contributed by atoms with Crippen LogP contribution < -0.4 is 20.5 Å². The van der Waals surface area contributed by atoms with Gasteiger partial charge in [-0.25, -0.2) is 22.4 Å². The van der Waals surface area contributed by atoms with Crippen LogP contribution in [-0.4, -0.2) is 43.4 Å². The van der Waals surface area contributed by atoms with Crippen molar-refractivity contribution >= 4 is 33.9 Å². The minimum atomic E-state index is -3.17. The maximum atomic E-state index is 13.8. The molecule has 0 saturated heterocycles. The quantitative estimate of drug-likeness (QED) is 0.103. The van der Waals surface area contributed by atoms with Crippen molar-refractivity contribution in [1.29, 1.82) is 5.41 Å². The van der Waals surface area contributed by atoms with Crippen LogP contribution in [0.2, 0.25) is 0 Å². The molecule has 2 aromatic heterocycles. The topological polar surface area (TPSA) is 131 Å². The number of pyridine rings is 1. The molecule has 9 nitrogen and oxygen atoms in total. The first-order chi connectivity index (χ1) is 21.4. The number of benzene rings is 2. The Hall–Kier alpha value is -4.53. The lowest BCUT2D eigenvalue weighted by atomic mass is 9.97. The Balaban J connectivity index is 1.50. The summed E-state index contributed by atoms with van der Waals surface area (Å²) in [4.78, 5) is 4.28. The third-order valence-corrected chi connectivity index (χ3v) is 8.30. The normalized spacial score (nSPS) is 17.2.